The third-order valence-corrected chi connectivity index (χ3v) is 5.67. The van der Waals surface area contributed by atoms with Crippen molar-refractivity contribution in [3.63, 3.8) is 0 Å². The molecule has 1 aromatic carbocycles. The maximum Gasteiger partial charge on any atom is 0.414 e. The van der Waals surface area contributed by atoms with Crippen LogP contribution in [0.5, 0.6) is 0 Å². The minimum absolute atomic E-state index is 0.193. The molecule has 166 valence electrons. The Labute approximate surface area is 179 Å². The summed E-state index contributed by atoms with van der Waals surface area (Å²) >= 11 is 0. The van der Waals surface area contributed by atoms with E-state index in [4.69, 9.17) is 4.74 Å². The van der Waals surface area contributed by atoms with Crippen molar-refractivity contribution in [1.29, 1.82) is 0 Å². The minimum Gasteiger partial charge on any atom is -0.442 e. The predicted molar refractivity (Wildman–Crippen MR) is 110 cm³/mol. The first-order chi connectivity index (χ1) is 14.9. The summed E-state index contributed by atoms with van der Waals surface area (Å²) in [5.74, 6) is 0.625. The van der Waals surface area contributed by atoms with Crippen LogP contribution in [0.3, 0.4) is 0 Å². The number of nitrogens with zero attached hydrogens (tertiary/aromatic N) is 6. The fraction of sp³-hybridized carbons (Fsp3) is 0.550. The fourth-order valence-corrected chi connectivity index (χ4v) is 4.06. The number of ether oxygens (including phenoxy) is 1. The highest BCUT2D eigenvalue weighted by atomic mass is 19.1. The van der Waals surface area contributed by atoms with Crippen LogP contribution in [0.1, 0.15) is 25.6 Å². The maximum absolute atomic E-state index is 14.9. The van der Waals surface area contributed by atoms with E-state index >= 15 is 0 Å². The van der Waals surface area contributed by atoms with Crippen molar-refractivity contribution < 1.29 is 18.7 Å². The Morgan fingerprint density at radius 2 is 2.10 bits per heavy atom. The number of halogens is 1. The largest absolute Gasteiger partial charge is 0.442 e. The summed E-state index contributed by atoms with van der Waals surface area (Å²) in [6, 6.07) is 4.81. The molecule has 2 aromatic rings. The first-order valence-corrected chi connectivity index (χ1v) is 10.4. The molecule has 31 heavy (non-hydrogen) atoms. The maximum atomic E-state index is 14.9. The third-order valence-electron chi connectivity index (χ3n) is 5.67. The van der Waals surface area contributed by atoms with Crippen LogP contribution < -0.4 is 15.1 Å². The molecule has 11 heteroatoms. The second kappa shape index (κ2) is 8.86. The van der Waals surface area contributed by atoms with Crippen molar-refractivity contribution in [2.45, 2.75) is 32.3 Å². The van der Waals surface area contributed by atoms with Crippen LogP contribution in [0.25, 0.3) is 0 Å². The van der Waals surface area contributed by atoms with E-state index in [-0.39, 0.29) is 24.8 Å². The zero-order chi connectivity index (χ0) is 22.0. The van der Waals surface area contributed by atoms with Gasteiger partial charge in [0.25, 0.3) is 0 Å². The quantitative estimate of drug-likeness (QED) is 0.734. The van der Waals surface area contributed by atoms with Gasteiger partial charge in [-0.1, -0.05) is 0 Å². The number of benzene rings is 1. The Hall–Kier alpha value is -3.24. The summed E-state index contributed by atoms with van der Waals surface area (Å²) in [4.78, 5) is 28.1. The number of amides is 2. The lowest BCUT2D eigenvalue weighted by Crippen LogP contribution is -2.35. The van der Waals surface area contributed by atoms with Crippen molar-refractivity contribution in [2.75, 3.05) is 36.0 Å². The summed E-state index contributed by atoms with van der Waals surface area (Å²) in [7, 11) is 1.75. The van der Waals surface area contributed by atoms with E-state index < -0.39 is 12.2 Å². The number of rotatable bonds is 6. The smallest absolute Gasteiger partial charge is 0.414 e. The Balaban J connectivity index is 1.35. The first-order valence-electron chi connectivity index (χ1n) is 10.4. The van der Waals surface area contributed by atoms with Crippen LogP contribution in [0.2, 0.25) is 0 Å². The topological polar surface area (TPSA) is 105 Å². The molecule has 1 aromatic heterocycles. The lowest BCUT2D eigenvalue weighted by atomic mass is 9.93. The molecule has 2 fully saturated rings. The van der Waals surface area contributed by atoms with E-state index in [1.807, 2.05) is 4.90 Å². The van der Waals surface area contributed by atoms with Crippen molar-refractivity contribution in [3.8, 4) is 0 Å². The molecular weight excluding hydrogens is 405 g/mol. The summed E-state index contributed by atoms with van der Waals surface area (Å²) in [6.07, 6.45) is 1.62. The van der Waals surface area contributed by atoms with E-state index in [9.17, 15) is 14.0 Å². The molecule has 0 bridgehead atoms. The van der Waals surface area contributed by atoms with E-state index in [1.54, 1.807) is 19.2 Å². The molecule has 0 spiro atoms. The molecule has 1 N–H and O–H groups in total. The van der Waals surface area contributed by atoms with Gasteiger partial charge in [-0.3, -0.25) is 9.69 Å². The van der Waals surface area contributed by atoms with Gasteiger partial charge in [-0.05, 0) is 42.2 Å². The third kappa shape index (κ3) is 4.92. The summed E-state index contributed by atoms with van der Waals surface area (Å²) in [6.45, 7) is 3.38. The van der Waals surface area contributed by atoms with Gasteiger partial charge in [0.05, 0.1) is 31.5 Å². The minimum atomic E-state index is -0.541. The van der Waals surface area contributed by atoms with Crippen LogP contribution >= 0.6 is 0 Å². The van der Waals surface area contributed by atoms with Crippen LogP contribution in [-0.2, 0) is 23.0 Å². The summed E-state index contributed by atoms with van der Waals surface area (Å²) in [5, 5.41) is 14.8. The van der Waals surface area contributed by atoms with Gasteiger partial charge < -0.3 is 15.0 Å². The molecule has 2 aliphatic rings. The van der Waals surface area contributed by atoms with Gasteiger partial charge >= 0.3 is 6.09 Å². The molecule has 3 heterocycles. The second-order valence-corrected chi connectivity index (χ2v) is 8.02. The molecule has 0 unspecified atom stereocenters. The van der Waals surface area contributed by atoms with Crippen molar-refractivity contribution in [1.82, 2.24) is 25.5 Å². The second-order valence-electron chi connectivity index (χ2n) is 8.02. The Kier molecular flexibility index (Phi) is 6.01. The Morgan fingerprint density at radius 3 is 2.74 bits per heavy atom. The van der Waals surface area contributed by atoms with Gasteiger partial charge in [-0.2, -0.15) is 4.80 Å². The van der Waals surface area contributed by atoms with Crippen LogP contribution in [-0.4, -0.2) is 64.5 Å². The number of nitrogens with one attached hydrogen (secondary N) is 1. The molecule has 1 atom stereocenters. The predicted octanol–water partition coefficient (Wildman–Crippen LogP) is 1.27. The lowest BCUT2D eigenvalue weighted by Gasteiger charge is -2.33. The molecule has 10 nitrogen and oxygen atoms in total. The van der Waals surface area contributed by atoms with Gasteiger partial charge in [-0.15, -0.1) is 10.2 Å². The Morgan fingerprint density at radius 1 is 1.32 bits per heavy atom. The van der Waals surface area contributed by atoms with E-state index in [0.29, 0.717) is 17.3 Å². The van der Waals surface area contributed by atoms with Crippen molar-refractivity contribution in [3.05, 3.63) is 29.8 Å². The fourth-order valence-electron chi connectivity index (χ4n) is 4.06. The molecule has 2 amide bonds. The first kappa shape index (κ1) is 21.0. The van der Waals surface area contributed by atoms with Crippen LogP contribution in [0, 0.1) is 11.7 Å². The molecular formula is C20H26FN7O3. The van der Waals surface area contributed by atoms with Gasteiger partial charge in [0.2, 0.25) is 5.91 Å². The van der Waals surface area contributed by atoms with Gasteiger partial charge in [-0.25, -0.2) is 9.18 Å². The highest BCUT2D eigenvalue weighted by Gasteiger charge is 2.33. The van der Waals surface area contributed by atoms with Crippen molar-refractivity contribution >= 4 is 23.4 Å². The lowest BCUT2D eigenvalue weighted by molar-refractivity contribution is -0.119. The van der Waals surface area contributed by atoms with E-state index in [0.717, 1.165) is 38.2 Å². The van der Waals surface area contributed by atoms with Crippen LogP contribution in [0.15, 0.2) is 18.2 Å². The number of hydrogen-bond donors (Lipinski definition) is 1. The number of carbonyl (C=O) groups is 2. The zero-order valence-electron chi connectivity index (χ0n) is 17.6. The number of piperidine rings is 1. The summed E-state index contributed by atoms with van der Waals surface area (Å²) < 4.78 is 20.2. The highest BCUT2D eigenvalue weighted by molar-refractivity contribution is 5.90. The molecule has 0 radical (unpaired) electrons. The molecule has 0 saturated carbocycles. The number of aromatic nitrogens is 4. The van der Waals surface area contributed by atoms with Gasteiger partial charge in [0.1, 0.15) is 11.9 Å². The number of carbonyl (C=O) groups excluding carboxylic acids is 2. The summed E-state index contributed by atoms with van der Waals surface area (Å²) in [5.41, 5.74) is 0.974. The number of cyclic esters (lactones) is 1. The van der Waals surface area contributed by atoms with Crippen LogP contribution in [0.4, 0.5) is 20.6 Å². The average Bonchev–Trinajstić information content (AvgIpc) is 3.32. The standard InChI is InChI=1S/C20H26FN7O3/c1-13(29)22-11-16-12-28(20(30)31-16)15-3-4-18(17(21)10-15)27-7-5-14(6-8-27)9-19-23-25-26(2)24-19/h3-4,10,14,16H,5-9,11-12H2,1-2H3,(H,22,29)/t16-/m0/s1. The number of anilines is 2. The number of hydrogen-bond acceptors (Lipinski definition) is 7. The molecule has 2 saturated heterocycles. The average molecular weight is 431 g/mol. The monoisotopic (exact) mass is 431 g/mol. The molecule has 4 rings (SSSR count). The molecule has 0 aliphatic carbocycles. The molecule has 2 aliphatic heterocycles. The SMILES string of the molecule is CC(=O)NC[C@H]1CN(c2ccc(N3CCC(Cc4nnn(C)n4)CC3)c(F)c2)C(=O)O1. The number of tetrazole rings is 1. The van der Waals surface area contributed by atoms with Gasteiger partial charge in [0.15, 0.2) is 5.82 Å². The van der Waals surface area contributed by atoms with Crippen molar-refractivity contribution in [2.24, 2.45) is 13.0 Å². The Bertz CT molecular complexity index is 958. The van der Waals surface area contributed by atoms with Gasteiger partial charge in [0, 0.05) is 26.4 Å². The van der Waals surface area contributed by atoms with E-state index in [2.05, 4.69) is 20.7 Å². The highest BCUT2D eigenvalue weighted by Crippen LogP contribution is 2.31. The number of aryl methyl sites for hydroxylation is 1. The normalized spacial score (nSPS) is 19.6. The van der Waals surface area contributed by atoms with E-state index in [1.165, 1.54) is 22.7 Å². The zero-order valence-corrected chi connectivity index (χ0v) is 17.6.